The van der Waals surface area contributed by atoms with Gasteiger partial charge in [0, 0.05) is 24.2 Å². The Morgan fingerprint density at radius 3 is 2.76 bits per heavy atom. The summed E-state index contributed by atoms with van der Waals surface area (Å²) < 4.78 is 44.4. The molecule has 1 aliphatic carbocycles. The molecule has 2 aromatic heterocycles. The number of hydrazone groups is 1. The largest absolute Gasteiger partial charge is 0.496 e. The molecule has 1 amide bonds. The van der Waals surface area contributed by atoms with Crippen molar-refractivity contribution in [1.29, 1.82) is 0 Å². The fourth-order valence-electron chi connectivity index (χ4n) is 3.92. The van der Waals surface area contributed by atoms with Crippen LogP contribution in [0.15, 0.2) is 70.7 Å². The summed E-state index contributed by atoms with van der Waals surface area (Å²) in [6.07, 6.45) is 4.17. The number of ether oxygens (including phenoxy) is 1. The molecule has 2 aliphatic rings. The summed E-state index contributed by atoms with van der Waals surface area (Å²) in [4.78, 5) is 21.0. The van der Waals surface area contributed by atoms with Gasteiger partial charge in [-0.2, -0.15) is 27.9 Å². The zero-order chi connectivity index (χ0) is 26.9. The van der Waals surface area contributed by atoms with Crippen molar-refractivity contribution in [2.45, 2.75) is 12.2 Å². The summed E-state index contributed by atoms with van der Waals surface area (Å²) in [5.41, 5.74) is 4.67. The number of methoxy groups -OCH3 is 1. The summed E-state index contributed by atoms with van der Waals surface area (Å²) in [5, 5.41) is 14.3. The second kappa shape index (κ2) is 10.2. The van der Waals surface area contributed by atoms with Crippen LogP contribution in [-0.4, -0.2) is 57.7 Å². The number of halogens is 4. The van der Waals surface area contributed by atoms with Crippen molar-refractivity contribution in [2.75, 3.05) is 19.0 Å². The number of hydrogen-bond acceptors (Lipinski definition) is 8. The molecule has 10 nitrogen and oxygen atoms in total. The number of hydrogen-bond donors (Lipinski definition) is 3. The Hall–Kier alpha value is -4.39. The number of aromatic nitrogens is 4. The predicted octanol–water partition coefficient (Wildman–Crippen LogP) is 3.64. The molecule has 3 aromatic rings. The van der Waals surface area contributed by atoms with Gasteiger partial charge in [0.15, 0.2) is 5.82 Å². The molecule has 0 spiro atoms. The Labute approximate surface area is 219 Å². The molecule has 3 N–H and O–H groups in total. The van der Waals surface area contributed by atoms with Crippen LogP contribution < -0.4 is 20.8 Å². The maximum Gasteiger partial charge on any atom is 0.405 e. The van der Waals surface area contributed by atoms with Crippen molar-refractivity contribution in [3.8, 4) is 22.8 Å². The van der Waals surface area contributed by atoms with E-state index in [9.17, 15) is 18.0 Å². The number of pyridine rings is 1. The highest BCUT2D eigenvalue weighted by Crippen LogP contribution is 2.32. The van der Waals surface area contributed by atoms with Crippen molar-refractivity contribution in [3.05, 3.63) is 71.2 Å². The van der Waals surface area contributed by atoms with Gasteiger partial charge in [-0.1, -0.05) is 23.7 Å². The van der Waals surface area contributed by atoms with E-state index in [0.29, 0.717) is 27.9 Å². The Kier molecular flexibility index (Phi) is 6.76. The number of allylic oxidation sites excluding steroid dienone is 1. The Bertz CT molecular complexity index is 1450. The van der Waals surface area contributed by atoms with Crippen LogP contribution in [-0.2, 0) is 0 Å². The number of amides is 1. The minimum absolute atomic E-state index is 0.0269. The number of nitrogens with one attached hydrogen (secondary N) is 3. The highest BCUT2D eigenvalue weighted by Gasteiger charge is 2.31. The van der Waals surface area contributed by atoms with Crippen LogP contribution in [0, 0.1) is 5.92 Å². The molecule has 2 unspecified atom stereocenters. The third-order valence-electron chi connectivity index (χ3n) is 5.78. The average Bonchev–Trinajstić information content (AvgIpc) is 3.56. The molecule has 2 atom stereocenters. The first-order chi connectivity index (χ1) is 18.2. The van der Waals surface area contributed by atoms with Gasteiger partial charge in [-0.3, -0.25) is 9.78 Å². The quantitative estimate of drug-likeness (QED) is 0.415. The molecule has 38 heavy (non-hydrogen) atoms. The van der Waals surface area contributed by atoms with Crippen molar-refractivity contribution >= 4 is 29.7 Å². The number of alkyl halides is 3. The van der Waals surface area contributed by atoms with Gasteiger partial charge in [-0.15, -0.1) is 5.10 Å². The smallest absolute Gasteiger partial charge is 0.405 e. The average molecular weight is 545 g/mol. The summed E-state index contributed by atoms with van der Waals surface area (Å²) in [5.74, 6) is -0.366. The van der Waals surface area contributed by atoms with Crippen molar-refractivity contribution in [3.63, 3.8) is 0 Å². The van der Waals surface area contributed by atoms with Gasteiger partial charge in [0.2, 0.25) is 5.95 Å². The van der Waals surface area contributed by atoms with E-state index in [0.717, 1.165) is 0 Å². The second-order valence-corrected chi connectivity index (χ2v) is 8.70. The molecule has 196 valence electrons. The number of benzene rings is 1. The summed E-state index contributed by atoms with van der Waals surface area (Å²) >= 11 is 6.64. The molecule has 0 radical (unpaired) electrons. The third kappa shape index (κ3) is 5.18. The maximum absolute atomic E-state index is 12.5. The molecule has 1 aliphatic heterocycles. The van der Waals surface area contributed by atoms with E-state index in [4.69, 9.17) is 16.3 Å². The Morgan fingerprint density at radius 2 is 2.03 bits per heavy atom. The lowest BCUT2D eigenvalue weighted by Gasteiger charge is -2.21. The van der Waals surface area contributed by atoms with E-state index in [2.05, 4.69) is 30.9 Å². The Balaban J connectivity index is 1.49. The zero-order valence-corrected chi connectivity index (χ0v) is 20.5. The van der Waals surface area contributed by atoms with Gasteiger partial charge in [0.25, 0.3) is 5.91 Å². The lowest BCUT2D eigenvalue weighted by atomic mass is 9.96. The van der Waals surface area contributed by atoms with Crippen LogP contribution in [0.5, 0.6) is 5.75 Å². The van der Waals surface area contributed by atoms with Gasteiger partial charge in [-0.05, 0) is 30.3 Å². The number of carbonyl (C=O) groups excluding carboxylic acids is 1. The number of anilines is 1. The van der Waals surface area contributed by atoms with Gasteiger partial charge in [0.05, 0.1) is 41.0 Å². The van der Waals surface area contributed by atoms with E-state index >= 15 is 0 Å². The standard InChI is InChI=1S/C24H20ClF3N8O2/c1-38-19-10-13(2-3-15(19)22(37)30-12-24(26,27)28)21-33-23(36(35-21)14-6-8-29-9-7-14)32-18-5-4-17-16(20(18)25)11-31-34-17/h2-11,16-17,34H,12H2,1H3,(H,30,37)(H,32,33,35). The first kappa shape index (κ1) is 25.3. The molecule has 3 heterocycles. The molecule has 1 aromatic carbocycles. The highest BCUT2D eigenvalue weighted by molar-refractivity contribution is 6.32. The maximum atomic E-state index is 12.5. The number of carbonyl (C=O) groups is 1. The van der Waals surface area contributed by atoms with Gasteiger partial charge < -0.3 is 20.8 Å². The van der Waals surface area contributed by atoms with Crippen molar-refractivity contribution < 1.29 is 22.7 Å². The van der Waals surface area contributed by atoms with E-state index in [1.165, 1.54) is 25.3 Å². The zero-order valence-electron chi connectivity index (χ0n) is 19.7. The monoisotopic (exact) mass is 544 g/mol. The van der Waals surface area contributed by atoms with Gasteiger partial charge in [-0.25, -0.2) is 0 Å². The van der Waals surface area contributed by atoms with Crippen LogP contribution >= 0.6 is 11.6 Å². The predicted molar refractivity (Wildman–Crippen MR) is 134 cm³/mol. The third-order valence-corrected chi connectivity index (χ3v) is 6.24. The van der Waals surface area contributed by atoms with Crippen LogP contribution in [0.2, 0.25) is 0 Å². The molecular formula is C24H20ClF3N8O2. The first-order valence-corrected chi connectivity index (χ1v) is 11.7. The van der Waals surface area contributed by atoms with Crippen LogP contribution in [0.4, 0.5) is 19.1 Å². The minimum Gasteiger partial charge on any atom is -0.496 e. The van der Waals surface area contributed by atoms with E-state index < -0.39 is 18.6 Å². The lowest BCUT2D eigenvalue weighted by Crippen LogP contribution is -2.33. The molecule has 0 bridgehead atoms. The molecule has 14 heteroatoms. The van der Waals surface area contributed by atoms with E-state index in [-0.39, 0.29) is 29.1 Å². The molecule has 0 fully saturated rings. The van der Waals surface area contributed by atoms with Gasteiger partial charge >= 0.3 is 6.18 Å². The number of fused-ring (bicyclic) bond motifs is 1. The van der Waals surface area contributed by atoms with Crippen LogP contribution in [0.25, 0.3) is 17.1 Å². The summed E-state index contributed by atoms with van der Waals surface area (Å²) in [7, 11) is 1.31. The van der Waals surface area contributed by atoms with Crippen LogP contribution in [0.3, 0.4) is 0 Å². The fourth-order valence-corrected chi connectivity index (χ4v) is 4.23. The van der Waals surface area contributed by atoms with Gasteiger partial charge in [0.1, 0.15) is 12.3 Å². The second-order valence-electron chi connectivity index (χ2n) is 8.29. The molecule has 0 saturated heterocycles. The van der Waals surface area contributed by atoms with Crippen molar-refractivity contribution in [2.24, 2.45) is 11.0 Å². The van der Waals surface area contributed by atoms with E-state index in [1.54, 1.807) is 35.4 Å². The first-order valence-electron chi connectivity index (χ1n) is 11.3. The Morgan fingerprint density at radius 1 is 1.24 bits per heavy atom. The topological polar surface area (TPSA) is 118 Å². The molecular weight excluding hydrogens is 525 g/mol. The summed E-state index contributed by atoms with van der Waals surface area (Å²) in [6.45, 7) is -1.46. The highest BCUT2D eigenvalue weighted by atomic mass is 35.5. The SMILES string of the molecule is COc1cc(-c2nc(NC3=C(Cl)C4C=NNC4C=C3)n(-c3ccncc3)n2)ccc1C(=O)NCC(F)(F)F. The normalized spacial score (nSPS) is 18.2. The molecule has 0 saturated carbocycles. The fraction of sp³-hybridized carbons (Fsp3) is 0.208. The summed E-state index contributed by atoms with van der Waals surface area (Å²) in [6, 6.07) is 7.83. The van der Waals surface area contributed by atoms with E-state index in [1.807, 2.05) is 17.5 Å². The van der Waals surface area contributed by atoms with Crippen molar-refractivity contribution in [1.82, 2.24) is 30.5 Å². The number of nitrogens with zero attached hydrogens (tertiary/aromatic N) is 5. The lowest BCUT2D eigenvalue weighted by molar-refractivity contribution is -0.123. The molecule has 5 rings (SSSR count). The van der Waals surface area contributed by atoms with Crippen LogP contribution in [0.1, 0.15) is 10.4 Å². The number of rotatable bonds is 7. The minimum atomic E-state index is -4.54.